The Morgan fingerprint density at radius 2 is 2.04 bits per heavy atom. The molecule has 0 aliphatic carbocycles. The summed E-state index contributed by atoms with van der Waals surface area (Å²) in [6.45, 7) is 6.93. The highest BCUT2D eigenvalue weighted by Gasteiger charge is 2.40. The number of aromatic nitrogens is 1. The van der Waals surface area contributed by atoms with Gasteiger partial charge in [-0.05, 0) is 46.6 Å². The average Bonchev–Trinajstić information content (AvgIpc) is 2.92. The smallest absolute Gasteiger partial charge is 0.417 e. The summed E-state index contributed by atoms with van der Waals surface area (Å²) in [6.07, 6.45) is -3.63. The minimum Gasteiger partial charge on any atom is -0.458 e. The lowest BCUT2D eigenvalue weighted by molar-refractivity contribution is -0.156. The Hall–Kier alpha value is -2.30. The van der Waals surface area contributed by atoms with Gasteiger partial charge in [0, 0.05) is 12.2 Å². The van der Waals surface area contributed by atoms with Crippen molar-refractivity contribution in [3.05, 3.63) is 22.9 Å². The van der Waals surface area contributed by atoms with E-state index in [4.69, 9.17) is 4.74 Å². The lowest BCUT2D eigenvalue weighted by Crippen LogP contribution is -2.41. The summed E-state index contributed by atoms with van der Waals surface area (Å²) >= 11 is 0. The summed E-state index contributed by atoms with van der Waals surface area (Å²) < 4.78 is 45.2. The van der Waals surface area contributed by atoms with Gasteiger partial charge in [-0.1, -0.05) is 0 Å². The standard InChI is InChI=1S/C17H20F3N3O2/c1-10-8-12(17(18,19)20)11(9-21)14(22-10)23-7-5-6-13(23)15(24)25-16(2,3)4/h8,13H,5-7H2,1-4H3/t13-/m0/s1. The van der Waals surface area contributed by atoms with Crippen LogP contribution in [0.3, 0.4) is 0 Å². The predicted octanol–water partition coefficient (Wildman–Crippen LogP) is 3.59. The second-order valence-electron chi connectivity index (χ2n) is 7.00. The van der Waals surface area contributed by atoms with E-state index < -0.39 is 34.9 Å². The first-order valence-electron chi connectivity index (χ1n) is 7.92. The third kappa shape index (κ3) is 4.21. The van der Waals surface area contributed by atoms with Gasteiger partial charge in [-0.3, -0.25) is 0 Å². The van der Waals surface area contributed by atoms with E-state index in [-0.39, 0.29) is 11.5 Å². The van der Waals surface area contributed by atoms with Crippen molar-refractivity contribution in [3.8, 4) is 6.07 Å². The van der Waals surface area contributed by atoms with E-state index in [0.29, 0.717) is 19.4 Å². The molecule has 1 fully saturated rings. The van der Waals surface area contributed by atoms with Crippen LogP contribution < -0.4 is 4.90 Å². The Kier molecular flexibility index (Phi) is 4.98. The Morgan fingerprint density at radius 3 is 2.56 bits per heavy atom. The van der Waals surface area contributed by atoms with Gasteiger partial charge in [-0.15, -0.1) is 0 Å². The topological polar surface area (TPSA) is 66.2 Å². The molecular weight excluding hydrogens is 335 g/mol. The van der Waals surface area contributed by atoms with Crippen LogP contribution in [0.1, 0.15) is 50.4 Å². The fraction of sp³-hybridized carbons (Fsp3) is 0.588. The van der Waals surface area contributed by atoms with Gasteiger partial charge >= 0.3 is 12.1 Å². The van der Waals surface area contributed by atoms with Gasteiger partial charge in [0.25, 0.3) is 0 Å². The number of carbonyl (C=O) groups is 1. The maximum absolute atomic E-state index is 13.3. The zero-order chi connectivity index (χ0) is 19.0. The number of pyridine rings is 1. The maximum Gasteiger partial charge on any atom is 0.417 e. The molecule has 136 valence electrons. The molecule has 0 amide bonds. The molecule has 1 aliphatic rings. The molecule has 1 aliphatic heterocycles. The molecule has 0 spiro atoms. The summed E-state index contributed by atoms with van der Waals surface area (Å²) in [7, 11) is 0. The van der Waals surface area contributed by atoms with Gasteiger partial charge in [-0.2, -0.15) is 18.4 Å². The number of hydrogen-bond donors (Lipinski definition) is 0. The van der Waals surface area contributed by atoms with Crippen LogP contribution in [0.4, 0.5) is 19.0 Å². The number of ether oxygens (including phenoxy) is 1. The Bertz CT molecular complexity index is 718. The number of aryl methyl sites for hydroxylation is 1. The molecule has 0 bridgehead atoms. The molecule has 1 atom stereocenters. The zero-order valence-electron chi connectivity index (χ0n) is 14.6. The van der Waals surface area contributed by atoms with Crippen molar-refractivity contribution in [2.45, 2.75) is 58.4 Å². The highest BCUT2D eigenvalue weighted by molar-refractivity contribution is 5.81. The van der Waals surface area contributed by atoms with Crippen LogP contribution in [0.25, 0.3) is 0 Å². The molecule has 1 aromatic heterocycles. The SMILES string of the molecule is Cc1cc(C(F)(F)F)c(C#N)c(N2CCC[C@H]2C(=O)OC(C)(C)C)n1. The third-order valence-electron chi connectivity index (χ3n) is 3.75. The largest absolute Gasteiger partial charge is 0.458 e. The Balaban J connectivity index is 2.48. The maximum atomic E-state index is 13.3. The normalized spacial score (nSPS) is 18.2. The summed E-state index contributed by atoms with van der Waals surface area (Å²) in [5.41, 5.74) is -2.17. The van der Waals surface area contributed by atoms with Crippen LogP contribution >= 0.6 is 0 Å². The van der Waals surface area contributed by atoms with Crippen LogP contribution in [0.15, 0.2) is 6.07 Å². The molecule has 1 aromatic rings. The van der Waals surface area contributed by atoms with Gasteiger partial charge in [0.05, 0.1) is 5.56 Å². The van der Waals surface area contributed by atoms with E-state index in [1.54, 1.807) is 26.8 Å². The summed E-state index contributed by atoms with van der Waals surface area (Å²) in [6, 6.07) is 1.71. The minimum absolute atomic E-state index is 0.108. The van der Waals surface area contributed by atoms with Gasteiger partial charge in [0.15, 0.2) is 0 Å². The first-order valence-corrected chi connectivity index (χ1v) is 7.92. The number of nitrogens with zero attached hydrogens (tertiary/aromatic N) is 3. The predicted molar refractivity (Wildman–Crippen MR) is 84.9 cm³/mol. The monoisotopic (exact) mass is 355 g/mol. The molecule has 1 saturated heterocycles. The number of halogens is 3. The van der Waals surface area contributed by atoms with Crippen LogP contribution in [0.2, 0.25) is 0 Å². The molecule has 5 nitrogen and oxygen atoms in total. The molecule has 0 N–H and O–H groups in total. The quantitative estimate of drug-likeness (QED) is 0.759. The van der Waals surface area contributed by atoms with E-state index >= 15 is 0 Å². The number of anilines is 1. The van der Waals surface area contributed by atoms with Crippen molar-refractivity contribution in [3.63, 3.8) is 0 Å². The van der Waals surface area contributed by atoms with Gasteiger partial charge < -0.3 is 9.64 Å². The van der Waals surface area contributed by atoms with E-state index in [1.807, 2.05) is 0 Å². The Labute approximate surface area is 144 Å². The number of rotatable bonds is 2. The van der Waals surface area contributed by atoms with Gasteiger partial charge in [-0.25, -0.2) is 9.78 Å². The molecular formula is C17H20F3N3O2. The van der Waals surface area contributed by atoms with Crippen molar-refractivity contribution in [2.75, 3.05) is 11.4 Å². The van der Waals surface area contributed by atoms with E-state index in [9.17, 15) is 23.2 Å². The highest BCUT2D eigenvalue weighted by Crippen LogP contribution is 2.37. The van der Waals surface area contributed by atoms with Crippen LogP contribution in [0, 0.1) is 18.3 Å². The molecule has 25 heavy (non-hydrogen) atoms. The van der Waals surface area contributed by atoms with Gasteiger partial charge in [0.2, 0.25) is 0 Å². The van der Waals surface area contributed by atoms with Gasteiger partial charge in [0.1, 0.15) is 29.1 Å². The van der Waals surface area contributed by atoms with Crippen molar-refractivity contribution in [1.82, 2.24) is 4.98 Å². The fourth-order valence-electron chi connectivity index (χ4n) is 2.83. The lowest BCUT2D eigenvalue weighted by Gasteiger charge is -2.29. The van der Waals surface area contributed by atoms with Crippen molar-refractivity contribution >= 4 is 11.8 Å². The van der Waals surface area contributed by atoms with Crippen molar-refractivity contribution in [2.24, 2.45) is 0 Å². The van der Waals surface area contributed by atoms with E-state index in [2.05, 4.69) is 4.98 Å². The van der Waals surface area contributed by atoms with Crippen molar-refractivity contribution < 1.29 is 22.7 Å². The number of esters is 1. The summed E-state index contributed by atoms with van der Waals surface area (Å²) in [5, 5.41) is 9.29. The number of hydrogen-bond acceptors (Lipinski definition) is 5. The second kappa shape index (κ2) is 6.54. The number of nitriles is 1. The van der Waals surface area contributed by atoms with Crippen LogP contribution in [0.5, 0.6) is 0 Å². The fourth-order valence-corrected chi connectivity index (χ4v) is 2.83. The van der Waals surface area contributed by atoms with Crippen LogP contribution in [-0.2, 0) is 15.7 Å². The zero-order valence-corrected chi connectivity index (χ0v) is 14.6. The number of alkyl halides is 3. The lowest BCUT2D eigenvalue weighted by atomic mass is 10.1. The molecule has 0 radical (unpaired) electrons. The highest BCUT2D eigenvalue weighted by atomic mass is 19.4. The first kappa shape index (κ1) is 19.0. The minimum atomic E-state index is -4.67. The molecule has 0 aromatic carbocycles. The summed E-state index contributed by atoms with van der Waals surface area (Å²) in [5.74, 6) is -0.631. The molecule has 8 heteroatoms. The van der Waals surface area contributed by atoms with Crippen LogP contribution in [-0.4, -0.2) is 29.1 Å². The summed E-state index contributed by atoms with van der Waals surface area (Å²) in [4.78, 5) is 18.0. The first-order chi connectivity index (χ1) is 11.4. The second-order valence-corrected chi connectivity index (χ2v) is 7.00. The van der Waals surface area contributed by atoms with Crippen molar-refractivity contribution in [1.29, 1.82) is 5.26 Å². The number of carbonyl (C=O) groups excluding carboxylic acids is 1. The molecule has 0 unspecified atom stereocenters. The third-order valence-corrected chi connectivity index (χ3v) is 3.75. The molecule has 0 saturated carbocycles. The Morgan fingerprint density at radius 1 is 1.40 bits per heavy atom. The molecule has 2 rings (SSSR count). The average molecular weight is 355 g/mol. The molecule has 2 heterocycles. The van der Waals surface area contributed by atoms with E-state index in [0.717, 1.165) is 6.07 Å². The van der Waals surface area contributed by atoms with E-state index in [1.165, 1.54) is 11.8 Å².